The number of nitrogens with one attached hydrogen (secondary N) is 1. The topological polar surface area (TPSA) is 56.4 Å². The van der Waals surface area contributed by atoms with Gasteiger partial charge in [-0.15, -0.1) is 0 Å². The van der Waals surface area contributed by atoms with Gasteiger partial charge in [0, 0.05) is 34.2 Å². The zero-order valence-corrected chi connectivity index (χ0v) is 18.4. The molecule has 2 aliphatic rings. The molecule has 2 unspecified atom stereocenters. The molecule has 154 valence electrons. The fourth-order valence-corrected chi connectivity index (χ4v) is 5.24. The minimum absolute atomic E-state index is 0.0449. The first kappa shape index (κ1) is 19.9. The predicted molar refractivity (Wildman–Crippen MR) is 119 cm³/mol. The summed E-state index contributed by atoms with van der Waals surface area (Å²) in [7, 11) is 0. The average molecular weight is 463 g/mol. The Morgan fingerprint density at radius 3 is 2.70 bits per heavy atom. The Morgan fingerprint density at radius 2 is 1.90 bits per heavy atom. The number of fused-ring (bicyclic) bond motifs is 3. The molecule has 0 bridgehead atoms. The van der Waals surface area contributed by atoms with Crippen molar-refractivity contribution in [2.45, 2.75) is 31.8 Å². The largest absolute Gasteiger partial charge is 0.357 e. The summed E-state index contributed by atoms with van der Waals surface area (Å²) < 4.78 is 0. The molecule has 1 fully saturated rings. The number of nitrogens with zero attached hydrogens (tertiary/aromatic N) is 2. The number of carbonyl (C=O) groups excluding carboxylic acids is 2. The number of aromatic nitrogens is 1. The number of hydrogen-bond donors (Lipinski definition) is 1. The van der Waals surface area contributed by atoms with Gasteiger partial charge in [-0.1, -0.05) is 40.9 Å². The third kappa shape index (κ3) is 2.95. The van der Waals surface area contributed by atoms with Crippen molar-refractivity contribution in [1.29, 1.82) is 0 Å². The van der Waals surface area contributed by atoms with E-state index in [-0.39, 0.29) is 29.3 Å². The SMILES string of the molecule is CC1c2[nH]c3ccc(Cl)cc3c2CCN1C1CC(=O)N(c2cccc(Cl)c2Cl)C1=O. The van der Waals surface area contributed by atoms with Crippen LogP contribution in [0.25, 0.3) is 10.9 Å². The molecule has 30 heavy (non-hydrogen) atoms. The molecule has 2 atom stereocenters. The highest BCUT2D eigenvalue weighted by atomic mass is 35.5. The maximum absolute atomic E-state index is 13.3. The summed E-state index contributed by atoms with van der Waals surface area (Å²) in [6.45, 7) is 2.73. The van der Waals surface area contributed by atoms with E-state index in [9.17, 15) is 9.59 Å². The van der Waals surface area contributed by atoms with E-state index in [2.05, 4.69) is 16.8 Å². The van der Waals surface area contributed by atoms with Gasteiger partial charge < -0.3 is 4.98 Å². The molecule has 1 saturated heterocycles. The number of halogens is 3. The molecule has 2 aliphatic heterocycles. The zero-order valence-electron chi connectivity index (χ0n) is 16.1. The summed E-state index contributed by atoms with van der Waals surface area (Å²) >= 11 is 18.6. The van der Waals surface area contributed by atoms with Crippen LogP contribution in [-0.2, 0) is 16.0 Å². The first-order chi connectivity index (χ1) is 14.4. The van der Waals surface area contributed by atoms with E-state index in [0.717, 1.165) is 23.0 Å². The molecule has 1 N–H and O–H groups in total. The smallest absolute Gasteiger partial charge is 0.251 e. The van der Waals surface area contributed by atoms with Crippen molar-refractivity contribution in [2.75, 3.05) is 11.4 Å². The summed E-state index contributed by atoms with van der Waals surface area (Å²) in [5, 5.41) is 2.34. The van der Waals surface area contributed by atoms with Gasteiger partial charge >= 0.3 is 0 Å². The Balaban J connectivity index is 1.48. The van der Waals surface area contributed by atoms with Gasteiger partial charge in [0.05, 0.1) is 28.2 Å². The van der Waals surface area contributed by atoms with Gasteiger partial charge in [-0.25, -0.2) is 4.90 Å². The lowest BCUT2D eigenvalue weighted by atomic mass is 9.96. The van der Waals surface area contributed by atoms with Crippen molar-refractivity contribution >= 4 is 63.2 Å². The minimum atomic E-state index is -0.536. The third-order valence-electron chi connectivity index (χ3n) is 6.13. The van der Waals surface area contributed by atoms with Crippen LogP contribution < -0.4 is 4.90 Å². The van der Waals surface area contributed by atoms with Gasteiger partial charge in [-0.2, -0.15) is 0 Å². The summed E-state index contributed by atoms with van der Waals surface area (Å²) in [6, 6.07) is 10.2. The summed E-state index contributed by atoms with van der Waals surface area (Å²) in [4.78, 5) is 32.8. The van der Waals surface area contributed by atoms with E-state index < -0.39 is 6.04 Å². The molecule has 0 saturated carbocycles. The Hall–Kier alpha value is -2.05. The van der Waals surface area contributed by atoms with Crippen molar-refractivity contribution in [3.8, 4) is 0 Å². The molecule has 3 heterocycles. The van der Waals surface area contributed by atoms with Crippen molar-refractivity contribution in [3.05, 3.63) is 62.7 Å². The van der Waals surface area contributed by atoms with E-state index in [0.29, 0.717) is 22.3 Å². The Bertz CT molecular complexity index is 1210. The van der Waals surface area contributed by atoms with E-state index in [4.69, 9.17) is 34.8 Å². The molecule has 5 rings (SSSR count). The summed E-state index contributed by atoms with van der Waals surface area (Å²) in [6.07, 6.45) is 0.892. The van der Waals surface area contributed by atoms with Crippen molar-refractivity contribution in [2.24, 2.45) is 0 Å². The Kier molecular flexibility index (Phi) is 4.82. The number of aromatic amines is 1. The number of imide groups is 1. The van der Waals surface area contributed by atoms with E-state index in [1.54, 1.807) is 18.2 Å². The van der Waals surface area contributed by atoms with Gasteiger partial charge in [0.25, 0.3) is 5.91 Å². The lowest BCUT2D eigenvalue weighted by molar-refractivity contribution is -0.123. The van der Waals surface area contributed by atoms with E-state index >= 15 is 0 Å². The lowest BCUT2D eigenvalue weighted by Crippen LogP contribution is -2.46. The molecule has 8 heteroatoms. The van der Waals surface area contributed by atoms with Crippen LogP contribution >= 0.6 is 34.8 Å². The first-order valence-electron chi connectivity index (χ1n) is 9.73. The summed E-state index contributed by atoms with van der Waals surface area (Å²) in [5.74, 6) is -0.533. The zero-order chi connectivity index (χ0) is 21.2. The second kappa shape index (κ2) is 7.27. The van der Waals surface area contributed by atoms with Crippen LogP contribution in [0.4, 0.5) is 5.69 Å². The van der Waals surface area contributed by atoms with Gasteiger partial charge in [0.2, 0.25) is 5.91 Å². The molecule has 2 aromatic carbocycles. The second-order valence-corrected chi connectivity index (χ2v) is 8.95. The molecule has 3 aromatic rings. The molecular formula is C22H18Cl3N3O2. The van der Waals surface area contributed by atoms with E-state index in [1.165, 1.54) is 10.5 Å². The average Bonchev–Trinajstić information content (AvgIpc) is 3.22. The fraction of sp³-hybridized carbons (Fsp3) is 0.273. The van der Waals surface area contributed by atoms with Gasteiger partial charge in [-0.3, -0.25) is 14.5 Å². The highest BCUT2D eigenvalue weighted by molar-refractivity contribution is 6.45. The molecule has 1 aromatic heterocycles. The fourth-order valence-electron chi connectivity index (χ4n) is 4.69. The number of amides is 2. The highest BCUT2D eigenvalue weighted by Gasteiger charge is 2.46. The molecule has 5 nitrogen and oxygen atoms in total. The molecule has 0 radical (unpaired) electrons. The van der Waals surface area contributed by atoms with Gasteiger partial charge in [0.15, 0.2) is 0 Å². The maximum Gasteiger partial charge on any atom is 0.251 e. The van der Waals surface area contributed by atoms with Crippen molar-refractivity contribution in [3.63, 3.8) is 0 Å². The van der Waals surface area contributed by atoms with Gasteiger partial charge in [0.1, 0.15) is 0 Å². The number of hydrogen-bond acceptors (Lipinski definition) is 3. The Morgan fingerprint density at radius 1 is 1.10 bits per heavy atom. The molecule has 2 amide bonds. The molecule has 0 aliphatic carbocycles. The number of carbonyl (C=O) groups is 2. The number of benzene rings is 2. The van der Waals surface area contributed by atoms with Crippen LogP contribution in [-0.4, -0.2) is 34.3 Å². The third-order valence-corrected chi connectivity index (χ3v) is 7.18. The normalized spacial score (nSPS) is 22.2. The highest BCUT2D eigenvalue weighted by Crippen LogP contribution is 2.40. The minimum Gasteiger partial charge on any atom is -0.357 e. The first-order valence-corrected chi connectivity index (χ1v) is 10.9. The van der Waals surface area contributed by atoms with Gasteiger partial charge in [-0.05, 0) is 49.2 Å². The van der Waals surface area contributed by atoms with Crippen molar-refractivity contribution < 1.29 is 9.59 Å². The van der Waals surface area contributed by atoms with Crippen LogP contribution in [0.3, 0.4) is 0 Å². The van der Waals surface area contributed by atoms with Crippen LogP contribution in [0.5, 0.6) is 0 Å². The van der Waals surface area contributed by atoms with Crippen molar-refractivity contribution in [1.82, 2.24) is 9.88 Å². The summed E-state index contributed by atoms with van der Waals surface area (Å²) in [5.41, 5.74) is 3.66. The van der Waals surface area contributed by atoms with Crippen LogP contribution in [0.15, 0.2) is 36.4 Å². The Labute approximate surface area is 188 Å². The van der Waals surface area contributed by atoms with Crippen LogP contribution in [0, 0.1) is 0 Å². The second-order valence-electron chi connectivity index (χ2n) is 7.73. The van der Waals surface area contributed by atoms with Crippen LogP contribution in [0.1, 0.15) is 30.6 Å². The molecule has 0 spiro atoms. The standard InChI is InChI=1S/C22H18Cl3N3O2/c1-11-21-13(14-9-12(23)5-6-16(14)26-21)7-8-27(11)18-10-19(29)28(22(18)30)17-4-2-3-15(24)20(17)25/h2-6,9,11,18,26H,7-8,10H2,1H3. The van der Waals surface area contributed by atoms with E-state index in [1.807, 2.05) is 18.2 Å². The van der Waals surface area contributed by atoms with Crippen LogP contribution in [0.2, 0.25) is 15.1 Å². The number of rotatable bonds is 2. The quantitative estimate of drug-likeness (QED) is 0.520. The molecular weight excluding hydrogens is 445 g/mol. The maximum atomic E-state index is 13.3. The lowest BCUT2D eigenvalue weighted by Gasteiger charge is -2.36. The predicted octanol–water partition coefficient (Wildman–Crippen LogP) is 5.38. The number of anilines is 1. The number of H-pyrrole nitrogens is 1. The monoisotopic (exact) mass is 461 g/mol.